The summed E-state index contributed by atoms with van der Waals surface area (Å²) < 4.78 is 5.72. The molecular formula is C22H18O2. The Balaban J connectivity index is 1.83. The first-order chi connectivity index (χ1) is 11.8. The van der Waals surface area contributed by atoms with Crippen LogP contribution in [-0.2, 0) is 4.74 Å². The number of hydrogen-bond donors (Lipinski definition) is 0. The maximum absolute atomic E-state index is 12.4. The van der Waals surface area contributed by atoms with Crippen LogP contribution in [0.25, 0.3) is 6.08 Å². The molecule has 118 valence electrons. The standard InChI is InChI=1S/C22H18O2/c23-22(20-14-8-3-9-15-20)24-21(19-12-6-2-7-13-19)17-16-18-10-4-1-5-11-18/h1-17,21H/b17-16+. The smallest absolute Gasteiger partial charge is 0.339 e. The first-order valence-corrected chi connectivity index (χ1v) is 7.87. The van der Waals surface area contributed by atoms with Gasteiger partial charge in [0.25, 0.3) is 0 Å². The van der Waals surface area contributed by atoms with Crippen LogP contribution in [-0.4, -0.2) is 5.97 Å². The number of ether oxygens (including phenoxy) is 1. The lowest BCUT2D eigenvalue weighted by molar-refractivity contribution is 0.0393. The minimum atomic E-state index is -0.431. The van der Waals surface area contributed by atoms with Gasteiger partial charge in [0.2, 0.25) is 0 Å². The van der Waals surface area contributed by atoms with Crippen LogP contribution in [0.2, 0.25) is 0 Å². The van der Waals surface area contributed by atoms with Crippen molar-refractivity contribution in [3.05, 3.63) is 114 Å². The van der Waals surface area contributed by atoms with Crippen molar-refractivity contribution in [2.75, 3.05) is 0 Å². The van der Waals surface area contributed by atoms with Crippen molar-refractivity contribution in [1.29, 1.82) is 0 Å². The third-order valence-corrected chi connectivity index (χ3v) is 3.63. The molecule has 0 heterocycles. The van der Waals surface area contributed by atoms with E-state index in [1.54, 1.807) is 12.1 Å². The molecule has 0 aliphatic rings. The molecule has 2 heteroatoms. The molecule has 0 spiro atoms. The Kier molecular flexibility index (Phi) is 5.21. The normalized spacial score (nSPS) is 12.0. The summed E-state index contributed by atoms with van der Waals surface area (Å²) in [5, 5.41) is 0. The highest BCUT2D eigenvalue weighted by atomic mass is 16.5. The van der Waals surface area contributed by atoms with Gasteiger partial charge in [0.1, 0.15) is 6.10 Å². The highest BCUT2D eigenvalue weighted by Crippen LogP contribution is 2.22. The topological polar surface area (TPSA) is 26.3 Å². The van der Waals surface area contributed by atoms with Crippen molar-refractivity contribution >= 4 is 12.0 Å². The molecule has 0 aliphatic carbocycles. The predicted molar refractivity (Wildman–Crippen MR) is 96.5 cm³/mol. The fraction of sp³-hybridized carbons (Fsp3) is 0.0455. The SMILES string of the molecule is O=C(OC(/C=C/c1ccccc1)c1ccccc1)c1ccccc1. The summed E-state index contributed by atoms with van der Waals surface area (Å²) in [5.41, 5.74) is 2.55. The molecule has 0 saturated carbocycles. The van der Waals surface area contributed by atoms with E-state index in [1.165, 1.54) is 0 Å². The van der Waals surface area contributed by atoms with Gasteiger partial charge in [-0.3, -0.25) is 0 Å². The molecule has 3 rings (SSSR count). The second-order valence-corrected chi connectivity index (χ2v) is 5.37. The van der Waals surface area contributed by atoms with Crippen LogP contribution in [0.1, 0.15) is 27.6 Å². The monoisotopic (exact) mass is 314 g/mol. The second kappa shape index (κ2) is 7.93. The molecule has 3 aromatic carbocycles. The van der Waals surface area contributed by atoms with Crippen molar-refractivity contribution in [3.63, 3.8) is 0 Å². The van der Waals surface area contributed by atoms with Crippen LogP contribution in [0.4, 0.5) is 0 Å². The Hall–Kier alpha value is -3.13. The maximum Gasteiger partial charge on any atom is 0.339 e. The molecular weight excluding hydrogens is 296 g/mol. The Morgan fingerprint density at radius 3 is 1.92 bits per heavy atom. The summed E-state index contributed by atoms with van der Waals surface area (Å²) in [6.45, 7) is 0. The fourth-order valence-corrected chi connectivity index (χ4v) is 2.38. The van der Waals surface area contributed by atoms with E-state index >= 15 is 0 Å². The lowest BCUT2D eigenvalue weighted by Gasteiger charge is -2.15. The Labute approximate surface area is 142 Å². The van der Waals surface area contributed by atoms with Gasteiger partial charge in [0, 0.05) is 0 Å². The molecule has 0 aliphatic heterocycles. The van der Waals surface area contributed by atoms with Gasteiger partial charge >= 0.3 is 5.97 Å². The van der Waals surface area contributed by atoms with Crippen LogP contribution in [0.15, 0.2) is 97.1 Å². The van der Waals surface area contributed by atoms with E-state index in [9.17, 15) is 4.79 Å². The molecule has 24 heavy (non-hydrogen) atoms. The number of carbonyl (C=O) groups is 1. The van der Waals surface area contributed by atoms with Gasteiger partial charge in [-0.2, -0.15) is 0 Å². The number of benzene rings is 3. The summed E-state index contributed by atoms with van der Waals surface area (Å²) >= 11 is 0. The summed E-state index contributed by atoms with van der Waals surface area (Å²) in [4.78, 5) is 12.4. The average Bonchev–Trinajstić information content (AvgIpc) is 2.67. The zero-order valence-electron chi connectivity index (χ0n) is 13.2. The molecule has 1 unspecified atom stereocenters. The predicted octanol–water partition coefficient (Wildman–Crippen LogP) is 5.30. The van der Waals surface area contributed by atoms with E-state index in [4.69, 9.17) is 4.74 Å². The molecule has 0 bridgehead atoms. The lowest BCUT2D eigenvalue weighted by Crippen LogP contribution is -2.10. The Bertz CT molecular complexity index is 793. The minimum absolute atomic E-state index is 0.331. The highest BCUT2D eigenvalue weighted by molar-refractivity contribution is 5.89. The van der Waals surface area contributed by atoms with Gasteiger partial charge in [-0.15, -0.1) is 0 Å². The third kappa shape index (κ3) is 4.20. The van der Waals surface area contributed by atoms with E-state index in [1.807, 2.05) is 91.0 Å². The largest absolute Gasteiger partial charge is 0.450 e. The summed E-state index contributed by atoms with van der Waals surface area (Å²) in [6, 6.07) is 28.7. The maximum atomic E-state index is 12.4. The summed E-state index contributed by atoms with van der Waals surface area (Å²) in [6.07, 6.45) is 3.45. The lowest BCUT2D eigenvalue weighted by atomic mass is 10.1. The molecule has 0 radical (unpaired) electrons. The fourth-order valence-electron chi connectivity index (χ4n) is 2.38. The van der Waals surface area contributed by atoms with Gasteiger partial charge in [-0.25, -0.2) is 4.79 Å². The molecule has 2 nitrogen and oxygen atoms in total. The third-order valence-electron chi connectivity index (χ3n) is 3.63. The van der Waals surface area contributed by atoms with Crippen molar-refractivity contribution in [2.45, 2.75) is 6.10 Å². The van der Waals surface area contributed by atoms with Crippen LogP contribution in [0.3, 0.4) is 0 Å². The number of esters is 1. The molecule has 0 saturated heterocycles. The van der Waals surface area contributed by atoms with Gasteiger partial charge in [-0.1, -0.05) is 84.9 Å². The zero-order chi connectivity index (χ0) is 16.6. The number of hydrogen-bond acceptors (Lipinski definition) is 2. The van der Waals surface area contributed by atoms with Crippen LogP contribution >= 0.6 is 0 Å². The summed E-state index contributed by atoms with van der Waals surface area (Å²) in [5.74, 6) is -0.331. The number of carbonyl (C=O) groups excluding carboxylic acids is 1. The quantitative estimate of drug-likeness (QED) is 0.597. The van der Waals surface area contributed by atoms with Crippen molar-refractivity contribution < 1.29 is 9.53 Å². The molecule has 0 aromatic heterocycles. The minimum Gasteiger partial charge on any atom is -0.450 e. The van der Waals surface area contributed by atoms with Gasteiger partial charge in [0.15, 0.2) is 0 Å². The highest BCUT2D eigenvalue weighted by Gasteiger charge is 2.15. The van der Waals surface area contributed by atoms with Crippen molar-refractivity contribution in [2.24, 2.45) is 0 Å². The van der Waals surface area contributed by atoms with Gasteiger partial charge in [0.05, 0.1) is 5.56 Å². The average molecular weight is 314 g/mol. The molecule has 0 N–H and O–H groups in total. The molecule has 0 amide bonds. The van der Waals surface area contributed by atoms with Gasteiger partial charge in [-0.05, 0) is 29.3 Å². The Morgan fingerprint density at radius 2 is 1.29 bits per heavy atom. The van der Waals surface area contributed by atoms with E-state index in [0.717, 1.165) is 11.1 Å². The van der Waals surface area contributed by atoms with E-state index in [-0.39, 0.29) is 5.97 Å². The van der Waals surface area contributed by atoms with E-state index < -0.39 is 6.10 Å². The molecule has 1 atom stereocenters. The van der Waals surface area contributed by atoms with Crippen LogP contribution in [0, 0.1) is 0 Å². The van der Waals surface area contributed by atoms with E-state index in [2.05, 4.69) is 0 Å². The van der Waals surface area contributed by atoms with Gasteiger partial charge < -0.3 is 4.74 Å². The number of rotatable bonds is 5. The molecule has 0 fully saturated rings. The first-order valence-electron chi connectivity index (χ1n) is 7.87. The van der Waals surface area contributed by atoms with Crippen LogP contribution < -0.4 is 0 Å². The van der Waals surface area contributed by atoms with Crippen molar-refractivity contribution in [3.8, 4) is 0 Å². The first kappa shape index (κ1) is 15.8. The van der Waals surface area contributed by atoms with Crippen molar-refractivity contribution in [1.82, 2.24) is 0 Å². The summed E-state index contributed by atoms with van der Waals surface area (Å²) in [7, 11) is 0. The second-order valence-electron chi connectivity index (χ2n) is 5.37. The zero-order valence-corrected chi connectivity index (χ0v) is 13.2. The van der Waals surface area contributed by atoms with Crippen LogP contribution in [0.5, 0.6) is 0 Å². The molecule has 3 aromatic rings. The Morgan fingerprint density at radius 1 is 0.750 bits per heavy atom. The van der Waals surface area contributed by atoms with E-state index in [0.29, 0.717) is 5.56 Å².